The van der Waals surface area contributed by atoms with E-state index in [1.807, 2.05) is 32.0 Å². The van der Waals surface area contributed by atoms with Gasteiger partial charge in [-0.3, -0.25) is 4.21 Å². The molecular weight excluding hydrogens is 312 g/mol. The van der Waals surface area contributed by atoms with Gasteiger partial charge in [-0.15, -0.1) is 5.10 Å². The van der Waals surface area contributed by atoms with Crippen LogP contribution in [0.2, 0.25) is 0 Å². The van der Waals surface area contributed by atoms with Gasteiger partial charge >= 0.3 is 0 Å². The minimum Gasteiger partial charge on any atom is -0.508 e. The Morgan fingerprint density at radius 3 is 2.39 bits per heavy atom. The van der Waals surface area contributed by atoms with Gasteiger partial charge in [0.2, 0.25) is 0 Å². The second-order valence-electron chi connectivity index (χ2n) is 5.23. The van der Waals surface area contributed by atoms with E-state index in [9.17, 15) is 9.32 Å². The number of nitrogens with zero attached hydrogens (tertiary/aromatic N) is 4. The number of hydrogen-bond acceptors (Lipinski definition) is 5. The molecule has 1 atom stereocenters. The number of benzene rings is 2. The first-order valence-electron chi connectivity index (χ1n) is 7.07. The van der Waals surface area contributed by atoms with Crippen molar-refractivity contribution < 1.29 is 9.32 Å². The monoisotopic (exact) mass is 328 g/mol. The maximum atomic E-state index is 12.5. The summed E-state index contributed by atoms with van der Waals surface area (Å²) >= 11 is 0. The molecule has 6 nitrogen and oxygen atoms in total. The number of phenols is 1. The van der Waals surface area contributed by atoms with E-state index in [1.54, 1.807) is 16.8 Å². The fourth-order valence-corrected chi connectivity index (χ4v) is 3.43. The Morgan fingerprint density at radius 2 is 1.74 bits per heavy atom. The number of para-hydroxylation sites is 1. The number of tetrazole rings is 1. The molecule has 2 aromatic carbocycles. The van der Waals surface area contributed by atoms with Crippen molar-refractivity contribution in [3.05, 3.63) is 59.4 Å². The van der Waals surface area contributed by atoms with E-state index in [0.29, 0.717) is 10.7 Å². The molecule has 0 amide bonds. The van der Waals surface area contributed by atoms with Crippen LogP contribution in [0.25, 0.3) is 5.69 Å². The van der Waals surface area contributed by atoms with Gasteiger partial charge in [-0.1, -0.05) is 18.2 Å². The number of aryl methyl sites for hydroxylation is 2. The molecule has 0 spiro atoms. The molecule has 118 valence electrons. The maximum Gasteiger partial charge on any atom is 0.169 e. The van der Waals surface area contributed by atoms with Crippen molar-refractivity contribution in [2.75, 3.05) is 0 Å². The molecule has 0 aliphatic carbocycles. The van der Waals surface area contributed by atoms with Crippen LogP contribution in [-0.2, 0) is 16.6 Å². The van der Waals surface area contributed by atoms with Crippen molar-refractivity contribution in [1.29, 1.82) is 0 Å². The third kappa shape index (κ3) is 3.14. The Balaban J connectivity index is 1.93. The summed E-state index contributed by atoms with van der Waals surface area (Å²) in [5.74, 6) is 0.880. The standard InChI is InChI=1S/C16H16N4O2S/c1-11-4-3-5-12(2)16(11)20-15(17-18-19-20)10-23(22)14-8-6-13(21)7-9-14/h3-9,21H,10H2,1-2H3/t23-/m1/s1. The lowest BCUT2D eigenvalue weighted by atomic mass is 10.1. The Morgan fingerprint density at radius 1 is 1.09 bits per heavy atom. The summed E-state index contributed by atoms with van der Waals surface area (Å²) in [7, 11) is -1.29. The SMILES string of the molecule is Cc1cccc(C)c1-n1nnnc1C[S@@](=O)c1ccc(O)cc1. The summed E-state index contributed by atoms with van der Waals surface area (Å²) in [6, 6.07) is 12.3. The molecule has 0 unspecified atom stereocenters. The molecule has 0 bridgehead atoms. The highest BCUT2D eigenvalue weighted by atomic mass is 32.2. The molecule has 0 saturated heterocycles. The topological polar surface area (TPSA) is 80.9 Å². The van der Waals surface area contributed by atoms with Crippen LogP contribution >= 0.6 is 0 Å². The van der Waals surface area contributed by atoms with Crippen LogP contribution in [0, 0.1) is 13.8 Å². The number of aromatic hydroxyl groups is 1. The van der Waals surface area contributed by atoms with Crippen molar-refractivity contribution in [2.24, 2.45) is 0 Å². The lowest BCUT2D eigenvalue weighted by Crippen LogP contribution is -2.09. The molecule has 3 rings (SSSR count). The predicted octanol–water partition coefficient (Wildman–Crippen LogP) is 2.29. The molecule has 1 heterocycles. The van der Waals surface area contributed by atoms with Crippen LogP contribution in [0.4, 0.5) is 0 Å². The molecule has 23 heavy (non-hydrogen) atoms. The zero-order valence-corrected chi connectivity index (χ0v) is 13.6. The smallest absolute Gasteiger partial charge is 0.169 e. The first-order valence-corrected chi connectivity index (χ1v) is 8.39. The molecule has 0 aliphatic rings. The van der Waals surface area contributed by atoms with Crippen LogP contribution in [0.5, 0.6) is 5.75 Å². The average Bonchev–Trinajstić information content (AvgIpc) is 2.95. The highest BCUT2D eigenvalue weighted by molar-refractivity contribution is 7.84. The first-order chi connectivity index (χ1) is 11.1. The second kappa shape index (κ2) is 6.29. The minimum absolute atomic E-state index is 0.145. The van der Waals surface area contributed by atoms with Crippen molar-refractivity contribution in [2.45, 2.75) is 24.5 Å². The molecule has 3 aromatic rings. The number of rotatable bonds is 4. The summed E-state index contributed by atoms with van der Waals surface area (Å²) in [6.07, 6.45) is 0. The third-order valence-corrected chi connectivity index (χ3v) is 4.86. The van der Waals surface area contributed by atoms with Gasteiger partial charge in [-0.25, -0.2) is 0 Å². The first kappa shape index (κ1) is 15.4. The van der Waals surface area contributed by atoms with Crippen LogP contribution in [0.3, 0.4) is 0 Å². The average molecular weight is 328 g/mol. The molecule has 1 N–H and O–H groups in total. The van der Waals surface area contributed by atoms with Crippen molar-refractivity contribution >= 4 is 10.8 Å². The summed E-state index contributed by atoms with van der Waals surface area (Å²) < 4.78 is 14.1. The molecule has 7 heteroatoms. The molecule has 0 fully saturated rings. The van der Waals surface area contributed by atoms with E-state index in [4.69, 9.17) is 0 Å². The largest absolute Gasteiger partial charge is 0.508 e. The Bertz CT molecular complexity index is 839. The van der Waals surface area contributed by atoms with Crippen LogP contribution in [0.1, 0.15) is 17.0 Å². The Kier molecular flexibility index (Phi) is 4.20. The maximum absolute atomic E-state index is 12.5. The van der Waals surface area contributed by atoms with Gasteiger partial charge in [0.1, 0.15) is 5.75 Å². The van der Waals surface area contributed by atoms with Crippen LogP contribution < -0.4 is 0 Å². The van der Waals surface area contributed by atoms with Crippen LogP contribution in [0.15, 0.2) is 47.4 Å². The quantitative estimate of drug-likeness (QED) is 0.795. The fourth-order valence-electron chi connectivity index (χ4n) is 2.41. The summed E-state index contributed by atoms with van der Waals surface area (Å²) in [5, 5.41) is 21.1. The summed E-state index contributed by atoms with van der Waals surface area (Å²) in [4.78, 5) is 0.624. The van der Waals surface area contributed by atoms with Gasteiger partial charge in [0.05, 0.1) is 22.2 Å². The zero-order chi connectivity index (χ0) is 16.4. The van der Waals surface area contributed by atoms with E-state index >= 15 is 0 Å². The van der Waals surface area contributed by atoms with Crippen molar-refractivity contribution in [3.8, 4) is 11.4 Å². The normalized spacial score (nSPS) is 12.3. The third-order valence-electron chi connectivity index (χ3n) is 3.55. The molecule has 1 aromatic heterocycles. The van der Waals surface area contributed by atoms with Gasteiger partial charge in [-0.2, -0.15) is 4.68 Å². The lowest BCUT2D eigenvalue weighted by molar-refractivity contribution is 0.475. The van der Waals surface area contributed by atoms with Gasteiger partial charge in [0, 0.05) is 4.90 Å². The molecule has 0 saturated carbocycles. The van der Waals surface area contributed by atoms with E-state index in [0.717, 1.165) is 16.8 Å². The minimum atomic E-state index is -1.29. The highest BCUT2D eigenvalue weighted by Crippen LogP contribution is 2.20. The molecule has 0 radical (unpaired) electrons. The number of aromatic nitrogens is 4. The van der Waals surface area contributed by atoms with E-state index < -0.39 is 10.8 Å². The summed E-state index contributed by atoms with van der Waals surface area (Å²) in [5.41, 5.74) is 3.01. The van der Waals surface area contributed by atoms with E-state index in [2.05, 4.69) is 15.5 Å². The number of hydrogen-bond donors (Lipinski definition) is 1. The van der Waals surface area contributed by atoms with Gasteiger partial charge in [0.25, 0.3) is 0 Å². The molecular formula is C16H16N4O2S. The Labute approximate surface area is 136 Å². The van der Waals surface area contributed by atoms with Crippen LogP contribution in [-0.4, -0.2) is 29.5 Å². The Hall–Kier alpha value is -2.54. The highest BCUT2D eigenvalue weighted by Gasteiger charge is 2.16. The fraction of sp³-hybridized carbons (Fsp3) is 0.188. The van der Waals surface area contributed by atoms with Gasteiger partial charge < -0.3 is 5.11 Å². The zero-order valence-electron chi connectivity index (χ0n) is 12.8. The molecule has 0 aliphatic heterocycles. The van der Waals surface area contributed by atoms with E-state index in [-0.39, 0.29) is 11.5 Å². The van der Waals surface area contributed by atoms with Gasteiger partial charge in [0.15, 0.2) is 5.82 Å². The lowest BCUT2D eigenvalue weighted by Gasteiger charge is -2.10. The van der Waals surface area contributed by atoms with Crippen molar-refractivity contribution in [3.63, 3.8) is 0 Å². The van der Waals surface area contributed by atoms with Gasteiger partial charge in [-0.05, 0) is 59.7 Å². The summed E-state index contributed by atoms with van der Waals surface area (Å²) in [6.45, 7) is 3.98. The second-order valence-corrected chi connectivity index (χ2v) is 6.68. The van der Waals surface area contributed by atoms with Crippen molar-refractivity contribution in [1.82, 2.24) is 20.2 Å². The van der Waals surface area contributed by atoms with E-state index in [1.165, 1.54) is 12.1 Å². The predicted molar refractivity (Wildman–Crippen MR) is 86.8 cm³/mol. The number of phenolic OH excluding ortho intramolecular Hbond substituents is 1.